The fourth-order valence-corrected chi connectivity index (χ4v) is 2.53. The summed E-state index contributed by atoms with van der Waals surface area (Å²) in [6, 6.07) is 7.18. The monoisotopic (exact) mass is 358 g/mol. The van der Waals surface area contributed by atoms with Crippen molar-refractivity contribution in [3.8, 4) is 5.75 Å². The van der Waals surface area contributed by atoms with Crippen LogP contribution >= 0.6 is 12.2 Å². The third-order valence-corrected chi connectivity index (χ3v) is 3.79. The van der Waals surface area contributed by atoms with Crippen LogP contribution in [0.5, 0.6) is 5.75 Å². The van der Waals surface area contributed by atoms with Crippen LogP contribution in [-0.2, 0) is 14.2 Å². The van der Waals surface area contributed by atoms with Crippen LogP contribution in [0.15, 0.2) is 24.3 Å². The molecule has 0 saturated carbocycles. The van der Waals surface area contributed by atoms with E-state index in [1.807, 2.05) is 19.1 Å². The average Bonchev–Trinajstić information content (AvgIpc) is 2.56. The molecule has 0 amide bonds. The summed E-state index contributed by atoms with van der Waals surface area (Å²) in [5, 5.41) is 29.2. The Morgan fingerprint density at radius 2 is 1.88 bits per heavy atom. The van der Waals surface area contributed by atoms with Crippen LogP contribution < -0.4 is 4.74 Å². The number of hydrogen-bond donors (Lipinski definition) is 3. The number of aryl methyl sites for hydroxylation is 1. The summed E-state index contributed by atoms with van der Waals surface area (Å²) in [6.45, 7) is 3.52. The molecule has 1 saturated heterocycles. The lowest BCUT2D eigenvalue weighted by molar-refractivity contribution is -0.297. The van der Waals surface area contributed by atoms with Gasteiger partial charge in [-0.15, -0.1) is 0 Å². The molecular formula is C16H22O7S. The van der Waals surface area contributed by atoms with E-state index in [1.165, 1.54) is 0 Å². The maximum absolute atomic E-state index is 10.2. The molecule has 0 aromatic heterocycles. The van der Waals surface area contributed by atoms with E-state index in [2.05, 4.69) is 0 Å². The number of thiocarbonyl (C=S) groups is 1. The Morgan fingerprint density at radius 1 is 1.21 bits per heavy atom. The smallest absolute Gasteiger partial charge is 0.358 e. The highest BCUT2D eigenvalue weighted by Crippen LogP contribution is 2.25. The third-order valence-electron chi connectivity index (χ3n) is 3.61. The van der Waals surface area contributed by atoms with Crippen molar-refractivity contribution in [2.45, 2.75) is 44.6 Å². The number of ether oxygens (including phenoxy) is 4. The third kappa shape index (κ3) is 4.62. The van der Waals surface area contributed by atoms with Crippen molar-refractivity contribution in [3.63, 3.8) is 0 Å². The number of benzene rings is 1. The molecule has 1 heterocycles. The largest absolute Gasteiger partial charge is 0.445 e. The van der Waals surface area contributed by atoms with Gasteiger partial charge in [-0.1, -0.05) is 17.7 Å². The van der Waals surface area contributed by atoms with Gasteiger partial charge in [0.15, 0.2) is 12.4 Å². The van der Waals surface area contributed by atoms with Gasteiger partial charge in [0.05, 0.1) is 6.61 Å². The highest BCUT2D eigenvalue weighted by molar-refractivity contribution is 7.79. The van der Waals surface area contributed by atoms with Gasteiger partial charge in [-0.2, -0.15) is 0 Å². The Hall–Kier alpha value is -1.29. The van der Waals surface area contributed by atoms with Crippen LogP contribution in [0.1, 0.15) is 12.5 Å². The van der Waals surface area contributed by atoms with Crippen LogP contribution in [0.4, 0.5) is 0 Å². The van der Waals surface area contributed by atoms with Crippen LogP contribution in [-0.4, -0.2) is 64.5 Å². The SMILES string of the molecule is CCO[C@H]1O[C@H](CO)[C@@H](O)[C@H](O)[C@H]1OC(=S)Oc1ccc(C)cc1. The normalized spacial score (nSPS) is 30.0. The number of aliphatic hydroxyl groups is 3. The Balaban J connectivity index is 2.03. The molecule has 0 bridgehead atoms. The summed E-state index contributed by atoms with van der Waals surface area (Å²) in [4.78, 5) is 0. The fourth-order valence-electron chi connectivity index (χ4n) is 2.32. The standard InChI is InChI=1S/C16H22O7S/c1-3-20-15-14(13(19)12(18)11(8-17)22-15)23-16(24)21-10-6-4-9(2)5-7-10/h4-7,11-15,17-19H,3,8H2,1-2H3/t11-,12-,13+,14-,15+/m1/s1. The molecule has 3 N–H and O–H groups in total. The first-order valence-corrected chi connectivity index (χ1v) is 8.06. The minimum atomic E-state index is -1.35. The van der Waals surface area contributed by atoms with Crippen molar-refractivity contribution >= 4 is 17.5 Å². The fraction of sp³-hybridized carbons (Fsp3) is 0.562. The molecule has 1 aromatic rings. The molecule has 1 aliphatic heterocycles. The lowest BCUT2D eigenvalue weighted by Crippen LogP contribution is -2.60. The topological polar surface area (TPSA) is 97.6 Å². The minimum absolute atomic E-state index is 0.231. The summed E-state index contributed by atoms with van der Waals surface area (Å²) in [7, 11) is 0. The summed E-state index contributed by atoms with van der Waals surface area (Å²) in [5.74, 6) is 0.485. The molecule has 0 radical (unpaired) electrons. The zero-order chi connectivity index (χ0) is 17.7. The van der Waals surface area contributed by atoms with Crippen LogP contribution in [0.3, 0.4) is 0 Å². The van der Waals surface area contributed by atoms with Crippen LogP contribution in [0.2, 0.25) is 0 Å². The van der Waals surface area contributed by atoms with Crippen molar-refractivity contribution in [1.82, 2.24) is 0 Å². The van der Waals surface area contributed by atoms with E-state index in [0.717, 1.165) is 5.56 Å². The zero-order valence-electron chi connectivity index (χ0n) is 13.5. The van der Waals surface area contributed by atoms with Crippen molar-refractivity contribution in [3.05, 3.63) is 29.8 Å². The van der Waals surface area contributed by atoms with Gasteiger partial charge in [0.1, 0.15) is 24.1 Å². The van der Waals surface area contributed by atoms with Crippen molar-refractivity contribution in [1.29, 1.82) is 0 Å². The summed E-state index contributed by atoms with van der Waals surface area (Å²) >= 11 is 5.04. The Labute approximate surface area is 145 Å². The van der Waals surface area contributed by atoms with Gasteiger partial charge in [-0.3, -0.25) is 0 Å². The molecule has 1 fully saturated rings. The van der Waals surface area contributed by atoms with E-state index in [9.17, 15) is 15.3 Å². The minimum Gasteiger partial charge on any atom is -0.445 e. The van der Waals surface area contributed by atoms with Gasteiger partial charge in [0.25, 0.3) is 0 Å². The molecule has 1 aliphatic rings. The number of aliphatic hydroxyl groups excluding tert-OH is 3. The Bertz CT molecular complexity index is 536. The lowest BCUT2D eigenvalue weighted by atomic mass is 9.99. The Kier molecular flexibility index (Phi) is 6.90. The maximum atomic E-state index is 10.2. The first kappa shape index (κ1) is 19.0. The van der Waals surface area contributed by atoms with E-state index in [-0.39, 0.29) is 11.8 Å². The van der Waals surface area contributed by atoms with Crippen molar-refractivity contribution in [2.24, 2.45) is 0 Å². The second kappa shape index (κ2) is 8.70. The van der Waals surface area contributed by atoms with Crippen molar-refractivity contribution in [2.75, 3.05) is 13.2 Å². The summed E-state index contributed by atoms with van der Waals surface area (Å²) < 4.78 is 21.6. The van der Waals surface area contributed by atoms with Crippen LogP contribution in [0, 0.1) is 6.92 Å². The molecular weight excluding hydrogens is 336 g/mol. The van der Waals surface area contributed by atoms with Gasteiger partial charge in [-0.25, -0.2) is 0 Å². The predicted molar refractivity (Wildman–Crippen MR) is 88.7 cm³/mol. The van der Waals surface area contributed by atoms with E-state index in [1.54, 1.807) is 19.1 Å². The molecule has 5 atom stereocenters. The highest BCUT2D eigenvalue weighted by Gasteiger charge is 2.46. The molecule has 7 nitrogen and oxygen atoms in total. The van der Waals surface area contributed by atoms with Gasteiger partial charge in [-0.05, 0) is 26.0 Å². The molecule has 134 valence electrons. The van der Waals surface area contributed by atoms with Gasteiger partial charge < -0.3 is 34.3 Å². The maximum Gasteiger partial charge on any atom is 0.358 e. The van der Waals surface area contributed by atoms with Crippen LogP contribution in [0.25, 0.3) is 0 Å². The summed E-state index contributed by atoms with van der Waals surface area (Å²) in [6.07, 6.45) is -5.74. The number of rotatable bonds is 5. The quantitative estimate of drug-likeness (QED) is 0.656. The number of hydrogen-bond acceptors (Lipinski definition) is 8. The summed E-state index contributed by atoms with van der Waals surface area (Å²) in [5.41, 5.74) is 1.07. The van der Waals surface area contributed by atoms with Gasteiger partial charge in [0.2, 0.25) is 0 Å². The highest BCUT2D eigenvalue weighted by atomic mass is 32.1. The van der Waals surface area contributed by atoms with E-state index in [4.69, 9.17) is 31.2 Å². The van der Waals surface area contributed by atoms with Gasteiger partial charge in [0, 0.05) is 18.8 Å². The molecule has 0 unspecified atom stereocenters. The molecule has 0 spiro atoms. The predicted octanol–water partition coefficient (Wildman–Crippen LogP) is 0.519. The van der Waals surface area contributed by atoms with Crippen molar-refractivity contribution < 1.29 is 34.3 Å². The Morgan fingerprint density at radius 3 is 2.46 bits per heavy atom. The molecule has 1 aromatic carbocycles. The second-order valence-corrected chi connectivity index (χ2v) is 5.74. The van der Waals surface area contributed by atoms with E-state index >= 15 is 0 Å². The first-order valence-electron chi connectivity index (χ1n) is 7.65. The molecule has 0 aliphatic carbocycles. The van der Waals surface area contributed by atoms with Gasteiger partial charge >= 0.3 is 5.24 Å². The van der Waals surface area contributed by atoms with E-state index in [0.29, 0.717) is 5.75 Å². The second-order valence-electron chi connectivity index (χ2n) is 5.41. The molecule has 8 heteroatoms. The zero-order valence-corrected chi connectivity index (χ0v) is 14.3. The van der Waals surface area contributed by atoms with E-state index < -0.39 is 37.3 Å². The first-order chi connectivity index (χ1) is 11.5. The molecule has 2 rings (SSSR count). The molecule has 24 heavy (non-hydrogen) atoms. The lowest BCUT2D eigenvalue weighted by Gasteiger charge is -2.41. The average molecular weight is 358 g/mol.